The van der Waals surface area contributed by atoms with Crippen molar-refractivity contribution >= 4 is 11.6 Å². The van der Waals surface area contributed by atoms with Gasteiger partial charge in [0.05, 0.1) is 6.54 Å². The van der Waals surface area contributed by atoms with Crippen LogP contribution < -0.4 is 10.6 Å². The van der Waals surface area contributed by atoms with Gasteiger partial charge in [-0.25, -0.2) is 4.39 Å². The Bertz CT molecular complexity index is 548. The summed E-state index contributed by atoms with van der Waals surface area (Å²) in [6.45, 7) is 0.244. The molecular formula is C13H13FN2O2. The molecule has 1 heterocycles. The Morgan fingerprint density at radius 2 is 1.94 bits per heavy atom. The molecule has 94 valence electrons. The lowest BCUT2D eigenvalue weighted by Gasteiger charge is -2.15. The fourth-order valence-corrected chi connectivity index (χ4v) is 1.55. The zero-order valence-electron chi connectivity index (χ0n) is 9.89. The first-order valence-corrected chi connectivity index (χ1v) is 5.44. The van der Waals surface area contributed by atoms with Gasteiger partial charge in [-0.15, -0.1) is 0 Å². The molecule has 1 aromatic heterocycles. The van der Waals surface area contributed by atoms with Crippen LogP contribution in [0.4, 0.5) is 10.1 Å². The van der Waals surface area contributed by atoms with Gasteiger partial charge in [0.25, 0.3) is 5.91 Å². The van der Waals surface area contributed by atoms with E-state index in [0.717, 1.165) is 0 Å². The van der Waals surface area contributed by atoms with Crippen LogP contribution in [0.25, 0.3) is 0 Å². The standard InChI is InChI=1S/C13H13FN2O2/c1-16(10-4-2-9(14)3-5-10)13(17)12-7-6-11(8-15)18-12/h2-7H,8,15H2,1H3. The summed E-state index contributed by atoms with van der Waals surface area (Å²) in [5, 5.41) is 0. The molecular weight excluding hydrogens is 235 g/mol. The van der Waals surface area contributed by atoms with Crippen molar-refractivity contribution in [3.8, 4) is 0 Å². The minimum absolute atomic E-state index is 0.210. The lowest BCUT2D eigenvalue weighted by molar-refractivity contribution is 0.0965. The zero-order valence-corrected chi connectivity index (χ0v) is 9.89. The maximum atomic E-state index is 12.8. The summed E-state index contributed by atoms with van der Waals surface area (Å²) >= 11 is 0. The average molecular weight is 248 g/mol. The normalized spacial score (nSPS) is 10.4. The van der Waals surface area contributed by atoms with E-state index in [1.54, 1.807) is 19.2 Å². The van der Waals surface area contributed by atoms with Crippen molar-refractivity contribution in [2.24, 2.45) is 5.73 Å². The SMILES string of the molecule is CN(C(=O)c1ccc(CN)o1)c1ccc(F)cc1. The van der Waals surface area contributed by atoms with Crippen LogP contribution in [0, 0.1) is 5.82 Å². The molecule has 2 N–H and O–H groups in total. The molecule has 5 heteroatoms. The quantitative estimate of drug-likeness (QED) is 0.905. The Morgan fingerprint density at radius 3 is 2.50 bits per heavy atom. The van der Waals surface area contributed by atoms with Gasteiger partial charge in [-0.1, -0.05) is 0 Å². The number of carbonyl (C=O) groups excluding carboxylic acids is 1. The zero-order chi connectivity index (χ0) is 13.1. The number of carbonyl (C=O) groups is 1. The Balaban J connectivity index is 2.20. The van der Waals surface area contributed by atoms with E-state index in [4.69, 9.17) is 10.2 Å². The van der Waals surface area contributed by atoms with Gasteiger partial charge >= 0.3 is 0 Å². The van der Waals surface area contributed by atoms with Crippen molar-refractivity contribution in [1.29, 1.82) is 0 Å². The molecule has 0 spiro atoms. The highest BCUT2D eigenvalue weighted by molar-refractivity contribution is 6.03. The monoisotopic (exact) mass is 248 g/mol. The van der Waals surface area contributed by atoms with Crippen LogP contribution >= 0.6 is 0 Å². The molecule has 0 unspecified atom stereocenters. The molecule has 4 nitrogen and oxygen atoms in total. The van der Waals surface area contributed by atoms with Gasteiger partial charge in [-0.2, -0.15) is 0 Å². The van der Waals surface area contributed by atoms with Crippen molar-refractivity contribution in [3.05, 3.63) is 53.7 Å². The van der Waals surface area contributed by atoms with E-state index in [0.29, 0.717) is 11.4 Å². The number of amides is 1. The van der Waals surface area contributed by atoms with E-state index in [-0.39, 0.29) is 24.0 Å². The highest BCUT2D eigenvalue weighted by Gasteiger charge is 2.17. The molecule has 0 fully saturated rings. The van der Waals surface area contributed by atoms with Crippen LogP contribution in [0.3, 0.4) is 0 Å². The third-order valence-corrected chi connectivity index (χ3v) is 2.59. The number of rotatable bonds is 3. The summed E-state index contributed by atoms with van der Waals surface area (Å²) in [5.74, 6) is 0.109. The summed E-state index contributed by atoms with van der Waals surface area (Å²) in [4.78, 5) is 13.4. The molecule has 1 aromatic carbocycles. The van der Waals surface area contributed by atoms with Crippen molar-refractivity contribution in [2.45, 2.75) is 6.54 Å². The van der Waals surface area contributed by atoms with Crippen molar-refractivity contribution < 1.29 is 13.6 Å². The van der Waals surface area contributed by atoms with Crippen molar-refractivity contribution in [1.82, 2.24) is 0 Å². The third-order valence-electron chi connectivity index (χ3n) is 2.59. The maximum absolute atomic E-state index is 12.8. The predicted octanol–water partition coefficient (Wildman–Crippen LogP) is 2.15. The number of nitrogens with two attached hydrogens (primary N) is 1. The Labute approximate surface area is 104 Å². The summed E-state index contributed by atoms with van der Waals surface area (Å²) in [6, 6.07) is 8.88. The van der Waals surface area contributed by atoms with Crippen LogP contribution in [-0.2, 0) is 6.54 Å². The number of anilines is 1. The van der Waals surface area contributed by atoms with Crippen molar-refractivity contribution in [3.63, 3.8) is 0 Å². The lowest BCUT2D eigenvalue weighted by Crippen LogP contribution is -2.25. The molecule has 2 aromatic rings. The van der Waals surface area contributed by atoms with E-state index >= 15 is 0 Å². The van der Waals surface area contributed by atoms with E-state index < -0.39 is 0 Å². The van der Waals surface area contributed by atoms with Gasteiger partial charge < -0.3 is 15.1 Å². The number of nitrogens with zero attached hydrogens (tertiary/aromatic N) is 1. The largest absolute Gasteiger partial charge is 0.455 e. The molecule has 0 radical (unpaired) electrons. The Hall–Kier alpha value is -2.14. The van der Waals surface area contributed by atoms with Crippen molar-refractivity contribution in [2.75, 3.05) is 11.9 Å². The van der Waals surface area contributed by atoms with Crippen LogP contribution in [0.2, 0.25) is 0 Å². The number of hydrogen-bond donors (Lipinski definition) is 1. The first-order chi connectivity index (χ1) is 8.61. The number of halogens is 1. The van der Waals surface area contributed by atoms with E-state index in [1.807, 2.05) is 0 Å². The third kappa shape index (κ3) is 2.41. The second-order valence-electron chi connectivity index (χ2n) is 3.81. The van der Waals surface area contributed by atoms with Crippen LogP contribution in [-0.4, -0.2) is 13.0 Å². The molecule has 0 aliphatic heterocycles. The molecule has 0 aliphatic carbocycles. The van der Waals surface area contributed by atoms with Gasteiger partial charge in [-0.3, -0.25) is 4.79 Å². The number of furan rings is 1. The summed E-state index contributed by atoms with van der Waals surface area (Å²) in [6.07, 6.45) is 0. The molecule has 0 aliphatic rings. The smallest absolute Gasteiger partial charge is 0.293 e. The van der Waals surface area contributed by atoms with E-state index in [9.17, 15) is 9.18 Å². The highest BCUT2D eigenvalue weighted by Crippen LogP contribution is 2.17. The summed E-state index contributed by atoms with van der Waals surface area (Å²) in [7, 11) is 1.60. The van der Waals surface area contributed by atoms with Crippen LogP contribution in [0.15, 0.2) is 40.8 Å². The van der Waals surface area contributed by atoms with Gasteiger partial charge in [0, 0.05) is 12.7 Å². The second-order valence-corrected chi connectivity index (χ2v) is 3.81. The van der Waals surface area contributed by atoms with E-state index in [1.165, 1.54) is 29.2 Å². The molecule has 0 saturated carbocycles. The first kappa shape index (κ1) is 12.3. The molecule has 2 rings (SSSR count). The second kappa shape index (κ2) is 5.01. The minimum Gasteiger partial charge on any atom is -0.455 e. The minimum atomic E-state index is -0.344. The average Bonchev–Trinajstić information content (AvgIpc) is 2.86. The molecule has 1 amide bonds. The molecule has 0 atom stereocenters. The van der Waals surface area contributed by atoms with Gasteiger partial charge in [0.2, 0.25) is 0 Å². The molecule has 0 saturated heterocycles. The topological polar surface area (TPSA) is 59.5 Å². The fourth-order valence-electron chi connectivity index (χ4n) is 1.55. The predicted molar refractivity (Wildman–Crippen MR) is 65.7 cm³/mol. The van der Waals surface area contributed by atoms with E-state index in [2.05, 4.69) is 0 Å². The Morgan fingerprint density at radius 1 is 1.28 bits per heavy atom. The molecule has 0 bridgehead atoms. The summed E-state index contributed by atoms with van der Waals surface area (Å²) < 4.78 is 18.1. The highest BCUT2D eigenvalue weighted by atomic mass is 19.1. The molecule has 18 heavy (non-hydrogen) atoms. The number of benzene rings is 1. The first-order valence-electron chi connectivity index (χ1n) is 5.44. The van der Waals surface area contributed by atoms with Gasteiger partial charge in [-0.05, 0) is 36.4 Å². The lowest BCUT2D eigenvalue weighted by atomic mass is 10.2. The van der Waals surface area contributed by atoms with Crippen LogP contribution in [0.5, 0.6) is 0 Å². The number of hydrogen-bond acceptors (Lipinski definition) is 3. The Kier molecular flexibility index (Phi) is 3.43. The van der Waals surface area contributed by atoms with Crippen LogP contribution in [0.1, 0.15) is 16.3 Å². The fraction of sp³-hybridized carbons (Fsp3) is 0.154. The van der Waals surface area contributed by atoms with Gasteiger partial charge in [0.1, 0.15) is 11.6 Å². The summed E-state index contributed by atoms with van der Waals surface area (Å²) in [5.41, 5.74) is 6.00. The van der Waals surface area contributed by atoms with Gasteiger partial charge in [0.15, 0.2) is 5.76 Å². The maximum Gasteiger partial charge on any atom is 0.293 e.